The Morgan fingerprint density at radius 2 is 1.34 bits per heavy atom. The third-order valence-electron chi connectivity index (χ3n) is 6.86. The Hall–Kier alpha value is -4.90. The molecule has 0 aliphatic rings. The zero-order chi connectivity index (χ0) is 35.7. The SMILES string of the molecule is CC(=O)NC(CO)C(=O)NC(CCC(N)=O)C(=O)NC(CC(N)=O)C(=O)NC(C(=O)NC([C]=O)C(C)C)C(O)CCc1ccccc1. The summed E-state index contributed by atoms with van der Waals surface area (Å²) in [5, 5.41) is 31.9. The van der Waals surface area contributed by atoms with Crippen LogP contribution in [0.1, 0.15) is 52.0 Å². The Bertz CT molecular complexity index is 1260. The molecule has 0 heterocycles. The summed E-state index contributed by atoms with van der Waals surface area (Å²) < 4.78 is 0. The predicted octanol–water partition coefficient (Wildman–Crippen LogP) is -3.68. The van der Waals surface area contributed by atoms with Crippen molar-refractivity contribution in [3.05, 3.63) is 35.9 Å². The van der Waals surface area contributed by atoms with Gasteiger partial charge in [0.1, 0.15) is 24.2 Å². The van der Waals surface area contributed by atoms with E-state index in [2.05, 4.69) is 26.6 Å². The Kier molecular flexibility index (Phi) is 17.3. The highest BCUT2D eigenvalue weighted by atomic mass is 16.3. The van der Waals surface area contributed by atoms with Gasteiger partial charge in [0, 0.05) is 13.3 Å². The lowest BCUT2D eigenvalue weighted by Gasteiger charge is -2.28. The fourth-order valence-corrected chi connectivity index (χ4v) is 4.24. The van der Waals surface area contributed by atoms with Crippen molar-refractivity contribution in [2.45, 2.75) is 89.2 Å². The second kappa shape index (κ2) is 20.3. The van der Waals surface area contributed by atoms with Gasteiger partial charge in [0.15, 0.2) is 0 Å². The average molecular weight is 663 g/mol. The number of aliphatic hydroxyl groups excluding tert-OH is 2. The van der Waals surface area contributed by atoms with Gasteiger partial charge in [0.25, 0.3) is 0 Å². The maximum Gasteiger partial charge on any atom is 0.245 e. The number of aryl methyl sites for hydroxylation is 1. The number of hydrogen-bond donors (Lipinski definition) is 9. The predicted molar refractivity (Wildman–Crippen MR) is 166 cm³/mol. The van der Waals surface area contributed by atoms with E-state index in [1.165, 1.54) is 0 Å². The van der Waals surface area contributed by atoms with Crippen LogP contribution in [0.2, 0.25) is 0 Å². The molecule has 1 radical (unpaired) electrons. The van der Waals surface area contributed by atoms with E-state index in [1.807, 2.05) is 0 Å². The van der Waals surface area contributed by atoms with Crippen molar-refractivity contribution in [2.24, 2.45) is 17.4 Å². The van der Waals surface area contributed by atoms with Gasteiger partial charge in [0.2, 0.25) is 47.6 Å². The fourth-order valence-electron chi connectivity index (χ4n) is 4.24. The smallest absolute Gasteiger partial charge is 0.245 e. The summed E-state index contributed by atoms with van der Waals surface area (Å²) >= 11 is 0. The molecule has 259 valence electrons. The number of benzene rings is 1. The number of nitrogens with one attached hydrogen (secondary N) is 5. The Balaban J connectivity index is 3.28. The second-order valence-corrected chi connectivity index (χ2v) is 11.2. The minimum absolute atomic E-state index is 0.0199. The van der Waals surface area contributed by atoms with E-state index in [0.717, 1.165) is 12.5 Å². The number of carbonyl (C=O) groups excluding carboxylic acids is 8. The molecular weight excluding hydrogens is 618 g/mol. The molecule has 0 saturated heterocycles. The number of rotatable bonds is 21. The first-order valence-electron chi connectivity index (χ1n) is 14.8. The van der Waals surface area contributed by atoms with E-state index < -0.39 is 97.1 Å². The first-order chi connectivity index (χ1) is 22.1. The van der Waals surface area contributed by atoms with E-state index in [-0.39, 0.29) is 18.8 Å². The molecule has 0 aromatic heterocycles. The quantitative estimate of drug-likeness (QED) is 0.0621. The van der Waals surface area contributed by atoms with Crippen LogP contribution in [0, 0.1) is 5.92 Å². The van der Waals surface area contributed by atoms with Crippen LogP contribution in [0.15, 0.2) is 30.3 Å². The molecule has 0 aliphatic heterocycles. The topological polar surface area (TPSA) is 289 Å². The van der Waals surface area contributed by atoms with Crippen LogP contribution < -0.4 is 38.1 Å². The largest absolute Gasteiger partial charge is 0.394 e. The summed E-state index contributed by atoms with van der Waals surface area (Å²) in [5.41, 5.74) is 11.3. The molecule has 17 nitrogen and oxygen atoms in total. The summed E-state index contributed by atoms with van der Waals surface area (Å²) in [5.74, 6) is -7.09. The maximum atomic E-state index is 13.4. The average Bonchev–Trinajstić information content (AvgIpc) is 3.01. The zero-order valence-electron chi connectivity index (χ0n) is 26.5. The number of carbonyl (C=O) groups is 7. The van der Waals surface area contributed by atoms with Crippen LogP contribution >= 0.6 is 0 Å². The van der Waals surface area contributed by atoms with Crippen molar-refractivity contribution in [2.75, 3.05) is 6.61 Å². The van der Waals surface area contributed by atoms with Gasteiger partial charge < -0.3 is 48.3 Å². The van der Waals surface area contributed by atoms with E-state index in [9.17, 15) is 48.6 Å². The highest BCUT2D eigenvalue weighted by Gasteiger charge is 2.35. The molecule has 0 aliphatic carbocycles. The molecule has 0 spiro atoms. The molecule has 1 aromatic rings. The van der Waals surface area contributed by atoms with Crippen molar-refractivity contribution < 1.29 is 48.6 Å². The lowest BCUT2D eigenvalue weighted by molar-refractivity contribution is -0.137. The standard InChI is InChI=1S/C30H44N7O10/c1-16(2)21(14-38)36-30(47)26(23(41)11-9-18-7-5-4-6-8-18)37-28(45)20(13-25(32)43)35-27(44)19(10-12-24(31)42)34-29(46)22(15-39)33-17(3)40/h4-8,16,19-23,26,39,41H,9-13,15H2,1-3H3,(H2,31,42)(H2,32,43)(H,33,40)(H,34,46)(H,35,44)(H,36,47)(H,37,45). The molecule has 0 bridgehead atoms. The summed E-state index contributed by atoms with van der Waals surface area (Å²) in [4.78, 5) is 98.7. The van der Waals surface area contributed by atoms with Gasteiger partial charge in [-0.25, -0.2) is 0 Å². The van der Waals surface area contributed by atoms with Crippen molar-refractivity contribution in [3.63, 3.8) is 0 Å². The van der Waals surface area contributed by atoms with Gasteiger partial charge in [-0.15, -0.1) is 0 Å². The van der Waals surface area contributed by atoms with E-state index in [1.54, 1.807) is 50.5 Å². The van der Waals surface area contributed by atoms with Gasteiger partial charge >= 0.3 is 0 Å². The summed E-state index contributed by atoms with van der Waals surface area (Å²) in [6, 6.07) is 1.43. The molecule has 7 amide bonds. The summed E-state index contributed by atoms with van der Waals surface area (Å²) in [7, 11) is 0. The molecule has 0 fully saturated rings. The Morgan fingerprint density at radius 3 is 1.85 bits per heavy atom. The van der Waals surface area contributed by atoms with Crippen LogP contribution in [0.25, 0.3) is 0 Å². The Morgan fingerprint density at radius 1 is 0.766 bits per heavy atom. The van der Waals surface area contributed by atoms with Crippen LogP contribution in [0.3, 0.4) is 0 Å². The highest BCUT2D eigenvalue weighted by Crippen LogP contribution is 2.10. The van der Waals surface area contributed by atoms with Crippen LogP contribution in [-0.2, 0) is 44.8 Å². The van der Waals surface area contributed by atoms with Crippen molar-refractivity contribution in [3.8, 4) is 0 Å². The van der Waals surface area contributed by atoms with Gasteiger partial charge in [-0.3, -0.25) is 38.4 Å². The normalized spacial score (nSPS) is 14.7. The molecule has 6 unspecified atom stereocenters. The number of aliphatic hydroxyl groups is 2. The molecule has 47 heavy (non-hydrogen) atoms. The second-order valence-electron chi connectivity index (χ2n) is 11.2. The van der Waals surface area contributed by atoms with Crippen LogP contribution in [-0.4, -0.2) is 101 Å². The Labute approximate surface area is 271 Å². The van der Waals surface area contributed by atoms with E-state index in [0.29, 0.717) is 6.42 Å². The van der Waals surface area contributed by atoms with Crippen LogP contribution in [0.4, 0.5) is 0 Å². The van der Waals surface area contributed by atoms with Crippen molar-refractivity contribution in [1.82, 2.24) is 26.6 Å². The fraction of sp³-hybridized carbons (Fsp3) is 0.533. The minimum atomic E-state index is -1.74. The molecular formula is C30H44N7O10. The van der Waals surface area contributed by atoms with E-state index in [4.69, 9.17) is 11.5 Å². The highest BCUT2D eigenvalue weighted by molar-refractivity contribution is 5.97. The van der Waals surface area contributed by atoms with Crippen LogP contribution in [0.5, 0.6) is 0 Å². The van der Waals surface area contributed by atoms with Gasteiger partial charge in [-0.1, -0.05) is 44.2 Å². The monoisotopic (exact) mass is 662 g/mol. The van der Waals surface area contributed by atoms with Crippen molar-refractivity contribution >= 4 is 47.6 Å². The first kappa shape index (κ1) is 40.1. The minimum Gasteiger partial charge on any atom is -0.394 e. The zero-order valence-corrected chi connectivity index (χ0v) is 26.5. The van der Waals surface area contributed by atoms with E-state index >= 15 is 0 Å². The molecule has 0 saturated carbocycles. The number of nitrogens with two attached hydrogens (primary N) is 2. The number of hydrogen-bond acceptors (Lipinski definition) is 10. The third-order valence-corrected chi connectivity index (χ3v) is 6.86. The molecule has 6 atom stereocenters. The van der Waals surface area contributed by atoms with Gasteiger partial charge in [-0.05, 0) is 30.7 Å². The lowest BCUT2D eigenvalue weighted by Crippen LogP contribution is -2.61. The van der Waals surface area contributed by atoms with Gasteiger partial charge in [0.05, 0.1) is 25.2 Å². The summed E-state index contributed by atoms with van der Waals surface area (Å²) in [6.07, 6.45) is -1.12. The van der Waals surface area contributed by atoms with Gasteiger partial charge in [-0.2, -0.15) is 0 Å². The first-order valence-corrected chi connectivity index (χ1v) is 14.8. The lowest BCUT2D eigenvalue weighted by atomic mass is 9.99. The molecule has 1 aromatic carbocycles. The summed E-state index contributed by atoms with van der Waals surface area (Å²) in [6.45, 7) is 3.53. The third kappa shape index (κ3) is 14.8. The molecule has 11 N–H and O–H groups in total. The number of amides is 7. The number of primary amides is 2. The molecule has 17 heteroatoms. The molecule has 1 rings (SSSR count). The maximum absolute atomic E-state index is 13.4. The van der Waals surface area contributed by atoms with Crippen molar-refractivity contribution in [1.29, 1.82) is 0 Å².